The zero-order valence-electron chi connectivity index (χ0n) is 17.3. The number of halogens is 3. The molecule has 2 N–H and O–H groups in total. The number of carbonyl (C=O) groups excluding carboxylic acids is 1. The number of rotatable bonds is 9. The molecule has 174 valence electrons. The van der Waals surface area contributed by atoms with E-state index in [9.17, 15) is 22.0 Å². The van der Waals surface area contributed by atoms with Crippen molar-refractivity contribution in [3.63, 3.8) is 0 Å². The highest BCUT2D eigenvalue weighted by Crippen LogP contribution is 2.28. The molecule has 0 unspecified atom stereocenters. The van der Waals surface area contributed by atoms with Gasteiger partial charge in [0.05, 0.1) is 16.5 Å². The number of benzene rings is 3. The molecule has 0 aliphatic heterocycles. The zero-order chi connectivity index (χ0) is 24.0. The van der Waals surface area contributed by atoms with Crippen LogP contribution < -0.4 is 19.5 Å². The third kappa shape index (κ3) is 6.56. The van der Waals surface area contributed by atoms with E-state index < -0.39 is 34.2 Å². The lowest BCUT2D eigenvalue weighted by Crippen LogP contribution is -2.20. The van der Waals surface area contributed by atoms with Gasteiger partial charge in [-0.25, -0.2) is 17.2 Å². The van der Waals surface area contributed by atoms with Crippen LogP contribution in [0.1, 0.15) is 6.92 Å². The van der Waals surface area contributed by atoms with E-state index in [1.165, 1.54) is 24.3 Å². The van der Waals surface area contributed by atoms with Crippen LogP contribution in [0.2, 0.25) is 5.02 Å². The molecule has 33 heavy (non-hydrogen) atoms. The van der Waals surface area contributed by atoms with E-state index in [1.54, 1.807) is 24.3 Å². The molecule has 0 heterocycles. The van der Waals surface area contributed by atoms with Crippen molar-refractivity contribution in [2.75, 3.05) is 23.3 Å². The number of hydrogen-bond donors (Lipinski definition) is 2. The fourth-order valence-corrected chi connectivity index (χ4v) is 4.06. The Morgan fingerprint density at radius 2 is 1.64 bits per heavy atom. The molecular weight excluding hydrogens is 478 g/mol. The molecule has 0 fully saturated rings. The molecule has 0 saturated carbocycles. The van der Waals surface area contributed by atoms with Crippen LogP contribution in [0.4, 0.5) is 20.2 Å². The number of ether oxygens (including phenoxy) is 2. The van der Waals surface area contributed by atoms with E-state index in [2.05, 4.69) is 10.0 Å². The van der Waals surface area contributed by atoms with Crippen molar-refractivity contribution in [1.82, 2.24) is 0 Å². The highest BCUT2D eigenvalue weighted by Gasteiger charge is 2.17. The number of carbonyl (C=O) groups is 1. The van der Waals surface area contributed by atoms with E-state index in [4.69, 9.17) is 21.1 Å². The molecule has 11 heteroatoms. The van der Waals surface area contributed by atoms with Gasteiger partial charge in [-0.05, 0) is 61.5 Å². The minimum Gasteiger partial charge on any atom is -0.494 e. The summed E-state index contributed by atoms with van der Waals surface area (Å²) < 4.78 is 64.5. The molecular formula is C22H19ClF2N2O5S. The molecule has 3 aromatic carbocycles. The summed E-state index contributed by atoms with van der Waals surface area (Å²) >= 11 is 6.12. The predicted octanol–water partition coefficient (Wildman–Crippen LogP) is 4.84. The Hall–Kier alpha value is -3.37. The molecule has 1 amide bonds. The molecule has 0 spiro atoms. The fourth-order valence-electron chi connectivity index (χ4n) is 2.68. The largest absolute Gasteiger partial charge is 0.494 e. The van der Waals surface area contributed by atoms with Crippen molar-refractivity contribution in [3.8, 4) is 11.5 Å². The van der Waals surface area contributed by atoms with E-state index in [0.29, 0.717) is 18.0 Å². The van der Waals surface area contributed by atoms with Crippen molar-refractivity contribution in [3.05, 3.63) is 77.3 Å². The second-order valence-electron chi connectivity index (χ2n) is 6.62. The Kier molecular flexibility index (Phi) is 7.72. The zero-order valence-corrected chi connectivity index (χ0v) is 18.8. The second kappa shape index (κ2) is 10.5. The lowest BCUT2D eigenvalue weighted by Gasteiger charge is -2.12. The minimum absolute atomic E-state index is 0.0369. The highest BCUT2D eigenvalue weighted by molar-refractivity contribution is 7.92. The van der Waals surface area contributed by atoms with Crippen LogP contribution in [0.25, 0.3) is 0 Å². The van der Waals surface area contributed by atoms with Gasteiger partial charge in [0.15, 0.2) is 18.2 Å². The van der Waals surface area contributed by atoms with Crippen LogP contribution in [0.3, 0.4) is 0 Å². The van der Waals surface area contributed by atoms with Crippen molar-refractivity contribution >= 4 is 38.9 Å². The lowest BCUT2D eigenvalue weighted by molar-refractivity contribution is -0.118. The van der Waals surface area contributed by atoms with Gasteiger partial charge in [0.1, 0.15) is 11.5 Å². The van der Waals surface area contributed by atoms with E-state index >= 15 is 0 Å². The summed E-state index contributed by atoms with van der Waals surface area (Å²) in [5.41, 5.74) is 0.388. The first-order chi connectivity index (χ1) is 15.7. The fraction of sp³-hybridized carbons (Fsp3) is 0.136. The van der Waals surface area contributed by atoms with E-state index in [1.807, 2.05) is 6.92 Å². The number of hydrogen-bond acceptors (Lipinski definition) is 5. The van der Waals surface area contributed by atoms with Gasteiger partial charge in [0.2, 0.25) is 0 Å². The third-order valence-electron chi connectivity index (χ3n) is 4.19. The Labute approximate surface area is 194 Å². The average Bonchev–Trinajstić information content (AvgIpc) is 2.77. The average molecular weight is 497 g/mol. The molecule has 0 bridgehead atoms. The SMILES string of the molecule is CCOc1ccc(NS(=O)(=O)c2ccc(OCC(=O)Nc3ccc(F)c(F)c3)c(Cl)c2)cc1. The molecule has 0 aliphatic rings. The Balaban J connectivity index is 1.62. The number of amides is 1. The Bertz CT molecular complexity index is 1250. The molecule has 0 aromatic heterocycles. The number of anilines is 2. The molecule has 0 atom stereocenters. The van der Waals surface area contributed by atoms with Crippen molar-refractivity contribution in [2.24, 2.45) is 0 Å². The first-order valence-electron chi connectivity index (χ1n) is 9.61. The van der Waals surface area contributed by atoms with E-state index in [-0.39, 0.29) is 21.4 Å². The number of sulfonamides is 1. The van der Waals surface area contributed by atoms with Crippen LogP contribution in [-0.2, 0) is 14.8 Å². The van der Waals surface area contributed by atoms with Gasteiger partial charge in [-0.2, -0.15) is 0 Å². The molecule has 3 aromatic rings. The molecule has 0 radical (unpaired) electrons. The summed E-state index contributed by atoms with van der Waals surface area (Å²) in [6, 6.07) is 13.1. The molecule has 0 aliphatic carbocycles. The summed E-state index contributed by atoms with van der Waals surface area (Å²) in [5.74, 6) is -2.11. The normalized spacial score (nSPS) is 11.0. The number of nitrogens with one attached hydrogen (secondary N) is 2. The van der Waals surface area contributed by atoms with Crippen LogP contribution in [0.15, 0.2) is 65.6 Å². The smallest absolute Gasteiger partial charge is 0.262 e. The Morgan fingerprint density at radius 1 is 0.939 bits per heavy atom. The maximum absolute atomic E-state index is 13.2. The van der Waals surface area contributed by atoms with Gasteiger partial charge < -0.3 is 14.8 Å². The molecule has 7 nitrogen and oxygen atoms in total. The summed E-state index contributed by atoms with van der Waals surface area (Å²) in [6.45, 7) is 1.84. The van der Waals surface area contributed by atoms with Crippen LogP contribution in [0, 0.1) is 11.6 Å². The first kappa shape index (κ1) is 24.3. The maximum Gasteiger partial charge on any atom is 0.262 e. The summed E-state index contributed by atoms with van der Waals surface area (Å²) in [5, 5.41) is 2.31. The van der Waals surface area contributed by atoms with Gasteiger partial charge in [0, 0.05) is 17.4 Å². The van der Waals surface area contributed by atoms with Crippen LogP contribution >= 0.6 is 11.6 Å². The second-order valence-corrected chi connectivity index (χ2v) is 8.71. The van der Waals surface area contributed by atoms with E-state index in [0.717, 1.165) is 12.1 Å². The van der Waals surface area contributed by atoms with Gasteiger partial charge in [-0.1, -0.05) is 11.6 Å². The first-order valence-corrected chi connectivity index (χ1v) is 11.5. The third-order valence-corrected chi connectivity index (χ3v) is 5.87. The van der Waals surface area contributed by atoms with Gasteiger partial charge in [0.25, 0.3) is 15.9 Å². The van der Waals surface area contributed by atoms with Crippen LogP contribution in [-0.4, -0.2) is 27.5 Å². The Morgan fingerprint density at radius 3 is 2.27 bits per heavy atom. The standard InChI is InChI=1S/C22H19ClF2N2O5S/c1-2-31-16-6-3-14(4-7-16)27-33(29,30)17-8-10-21(18(23)12-17)32-13-22(28)26-15-5-9-19(24)20(25)11-15/h3-12,27H,2,13H2,1H3,(H,26,28). The minimum atomic E-state index is -3.93. The summed E-state index contributed by atoms with van der Waals surface area (Å²) in [4.78, 5) is 11.9. The molecule has 3 rings (SSSR count). The molecule has 0 saturated heterocycles. The monoisotopic (exact) mass is 496 g/mol. The van der Waals surface area contributed by atoms with Gasteiger partial charge in [-0.15, -0.1) is 0 Å². The maximum atomic E-state index is 13.2. The van der Waals surface area contributed by atoms with Gasteiger partial charge in [-0.3, -0.25) is 9.52 Å². The van der Waals surface area contributed by atoms with Crippen molar-refractivity contribution < 1.29 is 31.5 Å². The summed E-state index contributed by atoms with van der Waals surface area (Å²) in [6.07, 6.45) is 0. The lowest BCUT2D eigenvalue weighted by atomic mass is 10.3. The van der Waals surface area contributed by atoms with Crippen molar-refractivity contribution in [1.29, 1.82) is 0 Å². The quantitative estimate of drug-likeness (QED) is 0.442. The van der Waals surface area contributed by atoms with Gasteiger partial charge >= 0.3 is 0 Å². The predicted molar refractivity (Wildman–Crippen MR) is 120 cm³/mol. The van der Waals surface area contributed by atoms with Crippen LogP contribution in [0.5, 0.6) is 11.5 Å². The van der Waals surface area contributed by atoms with Crippen molar-refractivity contribution in [2.45, 2.75) is 11.8 Å². The topological polar surface area (TPSA) is 93.7 Å². The highest BCUT2D eigenvalue weighted by atomic mass is 35.5. The summed E-state index contributed by atoms with van der Waals surface area (Å²) in [7, 11) is -3.93.